The van der Waals surface area contributed by atoms with Crippen molar-refractivity contribution in [3.8, 4) is 0 Å². The van der Waals surface area contributed by atoms with E-state index in [1.165, 1.54) is 30.8 Å². The van der Waals surface area contributed by atoms with Crippen LogP contribution >= 0.6 is 11.8 Å². The molecule has 2 heterocycles. The van der Waals surface area contributed by atoms with Gasteiger partial charge in [0.1, 0.15) is 0 Å². The quantitative estimate of drug-likeness (QED) is 0.741. The van der Waals surface area contributed by atoms with E-state index in [-0.39, 0.29) is 0 Å². The average molecular weight is 242 g/mol. The average Bonchev–Trinajstić information content (AvgIpc) is 2.87. The molecule has 0 bridgehead atoms. The maximum atomic E-state index is 5.95. The smallest absolute Gasteiger partial charge is 0.0581 e. The van der Waals surface area contributed by atoms with Crippen molar-refractivity contribution in [1.82, 2.24) is 0 Å². The summed E-state index contributed by atoms with van der Waals surface area (Å²) in [4.78, 5) is 0. The molecule has 2 saturated heterocycles. The molecule has 2 heteroatoms. The number of ether oxygens (including phenoxy) is 1. The summed E-state index contributed by atoms with van der Waals surface area (Å²) < 4.78 is 5.95. The normalized spacial score (nSPS) is 37.1. The van der Waals surface area contributed by atoms with Crippen LogP contribution in [0, 0.1) is 23.7 Å². The molecule has 4 atom stereocenters. The molecule has 2 rings (SSSR count). The topological polar surface area (TPSA) is 9.23 Å². The van der Waals surface area contributed by atoms with Crippen LogP contribution in [-0.2, 0) is 4.74 Å². The molecule has 0 amide bonds. The van der Waals surface area contributed by atoms with Crippen molar-refractivity contribution in [3.05, 3.63) is 0 Å². The van der Waals surface area contributed by atoms with E-state index >= 15 is 0 Å². The molecule has 0 aromatic carbocycles. The summed E-state index contributed by atoms with van der Waals surface area (Å²) in [6, 6.07) is 0. The summed E-state index contributed by atoms with van der Waals surface area (Å²) in [5, 5.41) is 0. The van der Waals surface area contributed by atoms with Crippen LogP contribution in [0.3, 0.4) is 0 Å². The number of hydrogen-bond acceptors (Lipinski definition) is 2. The first-order valence-electron chi connectivity index (χ1n) is 6.86. The molecule has 2 aliphatic heterocycles. The monoisotopic (exact) mass is 242 g/mol. The van der Waals surface area contributed by atoms with Gasteiger partial charge >= 0.3 is 0 Å². The highest BCUT2D eigenvalue weighted by Gasteiger charge is 2.31. The maximum absolute atomic E-state index is 5.95. The molecule has 2 aliphatic rings. The lowest BCUT2D eigenvalue weighted by Gasteiger charge is -2.21. The minimum Gasteiger partial charge on any atom is -0.378 e. The van der Waals surface area contributed by atoms with Crippen LogP contribution in [0.2, 0.25) is 0 Å². The van der Waals surface area contributed by atoms with Gasteiger partial charge in [0.05, 0.1) is 12.7 Å². The number of hydrogen-bond donors (Lipinski definition) is 0. The summed E-state index contributed by atoms with van der Waals surface area (Å²) >= 11 is 2.13. The van der Waals surface area contributed by atoms with Gasteiger partial charge in [-0.2, -0.15) is 11.8 Å². The first kappa shape index (κ1) is 12.8. The molecule has 0 radical (unpaired) electrons. The van der Waals surface area contributed by atoms with Gasteiger partial charge in [-0.3, -0.25) is 0 Å². The Balaban J connectivity index is 1.73. The third kappa shape index (κ3) is 3.16. The lowest BCUT2D eigenvalue weighted by atomic mass is 9.86. The Morgan fingerprint density at radius 2 is 2.06 bits per heavy atom. The van der Waals surface area contributed by atoms with Crippen molar-refractivity contribution >= 4 is 11.8 Å². The summed E-state index contributed by atoms with van der Waals surface area (Å²) in [7, 11) is 0. The van der Waals surface area contributed by atoms with Gasteiger partial charge < -0.3 is 4.74 Å². The molecule has 16 heavy (non-hydrogen) atoms. The van der Waals surface area contributed by atoms with Crippen LogP contribution in [0.15, 0.2) is 0 Å². The molecular formula is C14H26OS. The predicted octanol–water partition coefficient (Wildman–Crippen LogP) is 3.83. The van der Waals surface area contributed by atoms with E-state index in [1.54, 1.807) is 0 Å². The molecule has 1 nitrogen and oxygen atoms in total. The highest BCUT2D eigenvalue weighted by atomic mass is 32.2. The SMILES string of the molecule is CC(C)C1COC(CC(C)C2CCSC2)C1. The van der Waals surface area contributed by atoms with Gasteiger partial charge in [0.25, 0.3) is 0 Å². The minimum atomic E-state index is 0.563. The van der Waals surface area contributed by atoms with Gasteiger partial charge in [-0.25, -0.2) is 0 Å². The van der Waals surface area contributed by atoms with Crippen LogP contribution in [0.1, 0.15) is 40.0 Å². The highest BCUT2D eigenvalue weighted by Crippen LogP contribution is 2.35. The highest BCUT2D eigenvalue weighted by molar-refractivity contribution is 7.99. The second kappa shape index (κ2) is 5.77. The fourth-order valence-corrected chi connectivity index (χ4v) is 4.41. The summed E-state index contributed by atoms with van der Waals surface area (Å²) in [5.74, 6) is 6.21. The summed E-state index contributed by atoms with van der Waals surface area (Å²) in [6.45, 7) is 8.10. The zero-order valence-electron chi connectivity index (χ0n) is 10.9. The van der Waals surface area contributed by atoms with Crippen molar-refractivity contribution in [2.45, 2.75) is 46.1 Å². The van der Waals surface area contributed by atoms with Crippen molar-refractivity contribution < 1.29 is 4.74 Å². The zero-order valence-corrected chi connectivity index (χ0v) is 11.8. The predicted molar refractivity (Wildman–Crippen MR) is 71.9 cm³/mol. The van der Waals surface area contributed by atoms with Crippen molar-refractivity contribution in [2.24, 2.45) is 23.7 Å². The van der Waals surface area contributed by atoms with Crippen LogP contribution in [0.4, 0.5) is 0 Å². The van der Waals surface area contributed by atoms with E-state index in [0.717, 1.165) is 30.3 Å². The molecule has 0 aromatic heterocycles. The number of rotatable bonds is 4. The van der Waals surface area contributed by atoms with Crippen LogP contribution in [0.25, 0.3) is 0 Å². The lowest BCUT2D eigenvalue weighted by Crippen LogP contribution is -2.18. The molecule has 4 unspecified atom stereocenters. The Morgan fingerprint density at radius 1 is 1.25 bits per heavy atom. The fourth-order valence-electron chi connectivity index (χ4n) is 2.97. The maximum Gasteiger partial charge on any atom is 0.0581 e. The molecular weight excluding hydrogens is 216 g/mol. The van der Waals surface area contributed by atoms with E-state index in [2.05, 4.69) is 32.5 Å². The van der Waals surface area contributed by atoms with Crippen molar-refractivity contribution in [1.29, 1.82) is 0 Å². The van der Waals surface area contributed by atoms with Gasteiger partial charge in [0, 0.05) is 0 Å². The van der Waals surface area contributed by atoms with Gasteiger partial charge in [-0.1, -0.05) is 20.8 Å². The minimum absolute atomic E-state index is 0.563. The molecule has 0 N–H and O–H groups in total. The van der Waals surface area contributed by atoms with E-state index in [0.29, 0.717) is 6.10 Å². The Hall–Kier alpha value is 0.310. The standard InChI is InChI=1S/C14H26OS/c1-10(2)13-7-14(15-8-13)6-11(3)12-4-5-16-9-12/h10-14H,4-9H2,1-3H3. The van der Waals surface area contributed by atoms with Crippen LogP contribution < -0.4 is 0 Å². The van der Waals surface area contributed by atoms with Gasteiger partial charge in [-0.15, -0.1) is 0 Å². The number of thioether (sulfide) groups is 1. The molecule has 0 saturated carbocycles. The Labute approximate surface area is 105 Å². The van der Waals surface area contributed by atoms with Crippen molar-refractivity contribution in [3.63, 3.8) is 0 Å². The molecule has 0 spiro atoms. The third-order valence-corrected chi connectivity index (χ3v) is 5.65. The van der Waals surface area contributed by atoms with E-state index in [9.17, 15) is 0 Å². The van der Waals surface area contributed by atoms with Gasteiger partial charge in [-0.05, 0) is 54.4 Å². The summed E-state index contributed by atoms with van der Waals surface area (Å²) in [5.41, 5.74) is 0. The Morgan fingerprint density at radius 3 is 2.62 bits per heavy atom. The lowest BCUT2D eigenvalue weighted by molar-refractivity contribution is 0.0798. The second-order valence-electron chi connectivity index (χ2n) is 6.03. The largest absolute Gasteiger partial charge is 0.378 e. The van der Waals surface area contributed by atoms with Gasteiger partial charge in [0.15, 0.2) is 0 Å². The summed E-state index contributed by atoms with van der Waals surface area (Å²) in [6.07, 6.45) is 4.61. The van der Waals surface area contributed by atoms with Gasteiger partial charge in [0.2, 0.25) is 0 Å². The fraction of sp³-hybridized carbons (Fsp3) is 1.00. The molecule has 0 aliphatic carbocycles. The zero-order chi connectivity index (χ0) is 11.5. The van der Waals surface area contributed by atoms with E-state index < -0.39 is 0 Å². The Bertz CT molecular complexity index is 211. The Kier molecular flexibility index (Phi) is 4.60. The van der Waals surface area contributed by atoms with Crippen molar-refractivity contribution in [2.75, 3.05) is 18.1 Å². The molecule has 2 fully saturated rings. The molecule has 94 valence electrons. The molecule has 0 aromatic rings. The first-order chi connectivity index (χ1) is 7.66. The van der Waals surface area contributed by atoms with E-state index in [4.69, 9.17) is 4.74 Å². The third-order valence-electron chi connectivity index (χ3n) is 4.46. The second-order valence-corrected chi connectivity index (χ2v) is 7.18. The van der Waals surface area contributed by atoms with Crippen LogP contribution in [-0.4, -0.2) is 24.2 Å². The first-order valence-corrected chi connectivity index (χ1v) is 8.01. The van der Waals surface area contributed by atoms with E-state index in [1.807, 2.05) is 0 Å². The van der Waals surface area contributed by atoms with Crippen LogP contribution in [0.5, 0.6) is 0 Å².